The van der Waals surface area contributed by atoms with Crippen molar-refractivity contribution < 1.29 is 13.9 Å². The van der Waals surface area contributed by atoms with Crippen LogP contribution in [0.1, 0.15) is 23.6 Å². The minimum absolute atomic E-state index is 0.158. The van der Waals surface area contributed by atoms with Crippen molar-refractivity contribution >= 4 is 6.02 Å². The van der Waals surface area contributed by atoms with E-state index in [0.717, 1.165) is 33.6 Å². The minimum atomic E-state index is -0.761. The molecule has 5 nitrogen and oxygen atoms in total. The average Bonchev–Trinajstić information content (AvgIpc) is 3.13. The van der Waals surface area contributed by atoms with Gasteiger partial charge in [-0.05, 0) is 66.4 Å². The molecule has 2 heterocycles. The van der Waals surface area contributed by atoms with Gasteiger partial charge in [0, 0.05) is 11.8 Å². The Kier molecular flexibility index (Phi) is 4.92. The third-order valence-corrected chi connectivity index (χ3v) is 5.08. The predicted molar refractivity (Wildman–Crippen MR) is 110 cm³/mol. The second kappa shape index (κ2) is 7.54. The van der Waals surface area contributed by atoms with Crippen molar-refractivity contribution in [2.45, 2.75) is 19.4 Å². The summed E-state index contributed by atoms with van der Waals surface area (Å²) in [6.45, 7) is 4.87. The van der Waals surface area contributed by atoms with E-state index in [9.17, 15) is 4.39 Å². The number of pyridine rings is 1. The molecule has 0 radical (unpaired) electrons. The monoisotopic (exact) mass is 391 g/mol. The van der Waals surface area contributed by atoms with Crippen molar-refractivity contribution in [1.82, 2.24) is 4.98 Å². The van der Waals surface area contributed by atoms with E-state index in [1.165, 1.54) is 12.3 Å². The van der Waals surface area contributed by atoms with Gasteiger partial charge in [0.2, 0.25) is 5.95 Å². The molecule has 1 unspecified atom stereocenters. The minimum Gasteiger partial charge on any atom is -0.494 e. The van der Waals surface area contributed by atoms with E-state index in [2.05, 4.69) is 16.0 Å². The second-order valence-corrected chi connectivity index (χ2v) is 6.96. The van der Waals surface area contributed by atoms with Crippen molar-refractivity contribution in [3.63, 3.8) is 0 Å². The van der Waals surface area contributed by atoms with Gasteiger partial charge in [0.05, 0.1) is 6.61 Å². The molecule has 1 atom stereocenters. The van der Waals surface area contributed by atoms with Crippen LogP contribution in [0.5, 0.6) is 5.75 Å². The highest BCUT2D eigenvalue weighted by Gasteiger charge is 2.40. The molecule has 0 bridgehead atoms. The molecule has 1 aliphatic heterocycles. The van der Waals surface area contributed by atoms with E-state index in [-0.39, 0.29) is 6.02 Å². The van der Waals surface area contributed by atoms with Crippen LogP contribution in [-0.4, -0.2) is 24.2 Å². The number of halogens is 1. The quantitative estimate of drug-likeness (QED) is 0.663. The summed E-state index contributed by atoms with van der Waals surface area (Å²) in [6.07, 6.45) is 1.52. The molecule has 29 heavy (non-hydrogen) atoms. The zero-order valence-corrected chi connectivity index (χ0v) is 16.4. The maximum absolute atomic E-state index is 13.2. The van der Waals surface area contributed by atoms with Crippen LogP contribution in [0.4, 0.5) is 4.39 Å². The van der Waals surface area contributed by atoms with Gasteiger partial charge in [0.1, 0.15) is 12.4 Å². The number of aromatic nitrogens is 1. The normalized spacial score (nSPS) is 18.2. The summed E-state index contributed by atoms with van der Waals surface area (Å²) >= 11 is 0. The van der Waals surface area contributed by atoms with Gasteiger partial charge in [-0.1, -0.05) is 24.3 Å². The Morgan fingerprint density at radius 1 is 1.10 bits per heavy atom. The molecule has 0 saturated heterocycles. The zero-order chi connectivity index (χ0) is 20.4. The number of amidine groups is 1. The van der Waals surface area contributed by atoms with E-state index in [1.807, 2.05) is 50.2 Å². The maximum Gasteiger partial charge on any atom is 0.283 e. The lowest BCUT2D eigenvalue weighted by atomic mass is 9.82. The van der Waals surface area contributed by atoms with Crippen LogP contribution >= 0.6 is 0 Å². The molecule has 0 spiro atoms. The van der Waals surface area contributed by atoms with Crippen molar-refractivity contribution in [3.8, 4) is 16.9 Å². The molecule has 0 aliphatic carbocycles. The molecule has 1 aliphatic rings. The highest BCUT2D eigenvalue weighted by atomic mass is 19.1. The lowest BCUT2D eigenvalue weighted by Crippen LogP contribution is -2.27. The van der Waals surface area contributed by atoms with E-state index in [1.54, 1.807) is 6.07 Å². The number of nitrogens with two attached hydrogens (primary N) is 1. The summed E-state index contributed by atoms with van der Waals surface area (Å²) in [5.41, 5.74) is 9.81. The fourth-order valence-corrected chi connectivity index (χ4v) is 3.62. The molecular formula is C23H22FN3O2. The summed E-state index contributed by atoms with van der Waals surface area (Å²) in [5, 5.41) is 0. The molecule has 4 rings (SSSR count). The molecule has 148 valence electrons. The number of nitrogens with zero attached hydrogens (tertiary/aromatic N) is 2. The molecular weight excluding hydrogens is 369 g/mol. The van der Waals surface area contributed by atoms with Crippen LogP contribution in [-0.2, 0) is 10.3 Å². The van der Waals surface area contributed by atoms with Gasteiger partial charge in [-0.15, -0.1) is 0 Å². The van der Waals surface area contributed by atoms with Crippen LogP contribution < -0.4 is 10.5 Å². The van der Waals surface area contributed by atoms with E-state index >= 15 is 0 Å². The van der Waals surface area contributed by atoms with Crippen molar-refractivity contribution in [2.24, 2.45) is 10.7 Å². The highest BCUT2D eigenvalue weighted by molar-refractivity contribution is 5.76. The molecule has 0 amide bonds. The largest absolute Gasteiger partial charge is 0.494 e. The Morgan fingerprint density at radius 3 is 2.59 bits per heavy atom. The van der Waals surface area contributed by atoms with Gasteiger partial charge in [-0.3, -0.25) is 0 Å². The first-order chi connectivity index (χ1) is 14.0. The zero-order valence-electron chi connectivity index (χ0n) is 16.4. The summed E-state index contributed by atoms with van der Waals surface area (Å²) in [4.78, 5) is 8.44. The number of hydrogen-bond acceptors (Lipinski definition) is 5. The maximum atomic E-state index is 13.2. The number of aliphatic imine (C=N–C) groups is 1. The second-order valence-electron chi connectivity index (χ2n) is 6.96. The third kappa shape index (κ3) is 3.53. The number of rotatable bonds is 5. The number of benzene rings is 2. The Balaban J connectivity index is 1.82. The molecule has 1 aromatic heterocycles. The lowest BCUT2D eigenvalue weighted by Gasteiger charge is -2.26. The third-order valence-electron chi connectivity index (χ3n) is 5.08. The Labute approximate surface area is 169 Å². The molecule has 6 heteroatoms. The van der Waals surface area contributed by atoms with Gasteiger partial charge >= 0.3 is 0 Å². The first-order valence-electron chi connectivity index (χ1n) is 9.46. The van der Waals surface area contributed by atoms with Crippen molar-refractivity contribution in [1.29, 1.82) is 0 Å². The van der Waals surface area contributed by atoms with Gasteiger partial charge in [-0.25, -0.2) is 9.98 Å². The van der Waals surface area contributed by atoms with Crippen LogP contribution in [0.15, 0.2) is 65.8 Å². The molecule has 0 fully saturated rings. The molecule has 3 aromatic rings. The summed E-state index contributed by atoms with van der Waals surface area (Å²) in [6, 6.07) is 17.1. The summed E-state index contributed by atoms with van der Waals surface area (Å²) in [5.74, 6) is 0.334. The van der Waals surface area contributed by atoms with E-state index in [4.69, 9.17) is 15.2 Å². The van der Waals surface area contributed by atoms with E-state index in [0.29, 0.717) is 13.2 Å². The first kappa shape index (κ1) is 18.9. The molecule has 2 aromatic carbocycles. The Morgan fingerprint density at radius 2 is 1.93 bits per heavy atom. The van der Waals surface area contributed by atoms with Crippen LogP contribution in [0.3, 0.4) is 0 Å². The van der Waals surface area contributed by atoms with Crippen LogP contribution in [0.25, 0.3) is 11.1 Å². The van der Waals surface area contributed by atoms with E-state index < -0.39 is 11.5 Å². The summed E-state index contributed by atoms with van der Waals surface area (Å²) < 4.78 is 24.5. The first-order valence-corrected chi connectivity index (χ1v) is 9.46. The smallest absolute Gasteiger partial charge is 0.283 e. The number of hydrogen-bond donors (Lipinski definition) is 1. The fraction of sp³-hybridized carbons (Fsp3) is 0.217. The standard InChI is InChI=1S/C23H22FN3O2/c1-3-28-20-9-8-19(11-15(20)2)23(14-29-22(25)27-23)18-6-4-5-16(12-18)17-7-10-21(24)26-13-17/h4-13H,3,14H2,1-2H3,(H2,25,27). The van der Waals surface area contributed by atoms with Crippen molar-refractivity contribution in [2.75, 3.05) is 13.2 Å². The SMILES string of the molecule is CCOc1ccc(C2(c3cccc(-c4ccc(F)nc4)c3)COC(N)=N2)cc1C. The van der Waals surface area contributed by atoms with Gasteiger partial charge < -0.3 is 15.2 Å². The van der Waals surface area contributed by atoms with Gasteiger partial charge in [0.25, 0.3) is 6.02 Å². The van der Waals surface area contributed by atoms with Crippen molar-refractivity contribution in [3.05, 3.63) is 83.4 Å². The average molecular weight is 391 g/mol. The Hall–Kier alpha value is -3.41. The fourth-order valence-electron chi connectivity index (χ4n) is 3.62. The number of aryl methyl sites for hydroxylation is 1. The summed E-state index contributed by atoms with van der Waals surface area (Å²) in [7, 11) is 0. The van der Waals surface area contributed by atoms with Gasteiger partial charge in [0.15, 0.2) is 5.54 Å². The molecule has 2 N–H and O–H groups in total. The van der Waals surface area contributed by atoms with Crippen LogP contribution in [0, 0.1) is 12.9 Å². The topological polar surface area (TPSA) is 69.7 Å². The van der Waals surface area contributed by atoms with Crippen LogP contribution in [0.2, 0.25) is 0 Å². The highest BCUT2D eigenvalue weighted by Crippen LogP contribution is 2.40. The Bertz CT molecular complexity index is 1070. The predicted octanol–water partition coefficient (Wildman–Crippen LogP) is 4.18. The lowest BCUT2D eigenvalue weighted by molar-refractivity contribution is 0.278. The van der Waals surface area contributed by atoms with Gasteiger partial charge in [-0.2, -0.15) is 4.39 Å². The molecule has 0 saturated carbocycles. The number of ether oxygens (including phenoxy) is 2.